The molecule has 3 rings (SSSR count). The quantitative estimate of drug-likeness (QED) is 0.678. The van der Waals surface area contributed by atoms with E-state index in [0.29, 0.717) is 11.3 Å². The monoisotopic (exact) mass is 351 g/mol. The number of methoxy groups -OCH3 is 1. The molecule has 0 bridgehead atoms. The van der Waals surface area contributed by atoms with Gasteiger partial charge in [0.2, 0.25) is 5.76 Å². The highest BCUT2D eigenvalue weighted by molar-refractivity contribution is 5.86. The molecule has 8 heteroatoms. The van der Waals surface area contributed by atoms with E-state index in [1.807, 2.05) is 0 Å². The fourth-order valence-electron chi connectivity index (χ4n) is 2.47. The first-order valence-electron chi connectivity index (χ1n) is 7.17. The van der Waals surface area contributed by atoms with Crippen LogP contribution in [-0.4, -0.2) is 17.6 Å². The standard InChI is InChI=1S/C17H12F3NO4/c1-24-16(23)15-5-3-11(25-15)9-21-7-6-14(22)12-8-10(17(18,19)20)2-4-13(12)21/h2-8H,9H2,1H3. The molecule has 5 nitrogen and oxygen atoms in total. The molecule has 0 aliphatic rings. The van der Waals surface area contributed by atoms with E-state index in [9.17, 15) is 22.8 Å². The first-order chi connectivity index (χ1) is 11.8. The Hall–Kier alpha value is -3.03. The Labute approximate surface area is 139 Å². The third-order valence-electron chi connectivity index (χ3n) is 3.68. The smallest absolute Gasteiger partial charge is 0.416 e. The fraction of sp³-hybridized carbons (Fsp3) is 0.176. The van der Waals surface area contributed by atoms with Crippen molar-refractivity contribution in [1.82, 2.24) is 4.57 Å². The van der Waals surface area contributed by atoms with Crippen molar-refractivity contribution in [2.75, 3.05) is 7.11 Å². The number of rotatable bonds is 3. The number of hydrogen-bond acceptors (Lipinski definition) is 4. The van der Waals surface area contributed by atoms with Crippen molar-refractivity contribution in [3.63, 3.8) is 0 Å². The molecule has 0 aliphatic heterocycles. The number of nitrogens with zero attached hydrogens (tertiary/aromatic N) is 1. The molecule has 0 unspecified atom stereocenters. The van der Waals surface area contributed by atoms with E-state index in [1.165, 1.54) is 31.5 Å². The van der Waals surface area contributed by atoms with Crippen LogP contribution in [0.15, 0.2) is 51.8 Å². The molecule has 0 N–H and O–H groups in total. The minimum Gasteiger partial charge on any atom is -0.463 e. The van der Waals surface area contributed by atoms with Gasteiger partial charge in [-0.25, -0.2) is 4.79 Å². The van der Waals surface area contributed by atoms with Gasteiger partial charge in [0.05, 0.1) is 24.7 Å². The number of ether oxygens (including phenoxy) is 1. The van der Waals surface area contributed by atoms with Gasteiger partial charge in [0, 0.05) is 17.6 Å². The zero-order valence-electron chi connectivity index (χ0n) is 13.0. The van der Waals surface area contributed by atoms with Crippen LogP contribution in [0.3, 0.4) is 0 Å². The normalized spacial score (nSPS) is 11.7. The molecular formula is C17H12F3NO4. The third-order valence-corrected chi connectivity index (χ3v) is 3.68. The van der Waals surface area contributed by atoms with E-state index in [4.69, 9.17) is 4.42 Å². The van der Waals surface area contributed by atoms with E-state index >= 15 is 0 Å². The number of furan rings is 1. The summed E-state index contributed by atoms with van der Waals surface area (Å²) in [6, 6.07) is 7.17. The van der Waals surface area contributed by atoms with E-state index in [-0.39, 0.29) is 17.7 Å². The Morgan fingerprint density at radius 2 is 1.96 bits per heavy atom. The van der Waals surface area contributed by atoms with Gasteiger partial charge in [0.1, 0.15) is 5.76 Å². The van der Waals surface area contributed by atoms with Crippen molar-refractivity contribution >= 4 is 16.9 Å². The van der Waals surface area contributed by atoms with Gasteiger partial charge >= 0.3 is 12.1 Å². The molecule has 0 fully saturated rings. The van der Waals surface area contributed by atoms with E-state index < -0.39 is 23.1 Å². The van der Waals surface area contributed by atoms with Crippen molar-refractivity contribution in [3.05, 3.63) is 69.9 Å². The Kier molecular flexibility index (Phi) is 4.12. The summed E-state index contributed by atoms with van der Waals surface area (Å²) in [6.45, 7) is 0.138. The summed E-state index contributed by atoms with van der Waals surface area (Å²) in [5.74, 6) is -0.224. The molecule has 2 heterocycles. The van der Waals surface area contributed by atoms with E-state index in [0.717, 1.165) is 12.1 Å². The Bertz CT molecular complexity index is 1000. The summed E-state index contributed by atoms with van der Waals surface area (Å²) in [7, 11) is 1.22. The number of alkyl halides is 3. The molecule has 3 aromatic rings. The minimum absolute atomic E-state index is 0.0159. The highest BCUT2D eigenvalue weighted by Crippen LogP contribution is 2.30. The summed E-state index contributed by atoms with van der Waals surface area (Å²) in [6.07, 6.45) is -3.07. The molecule has 2 aromatic heterocycles. The number of hydrogen-bond donors (Lipinski definition) is 0. The number of halogens is 3. The SMILES string of the molecule is COC(=O)c1ccc(Cn2ccc(=O)c3cc(C(F)(F)F)ccc32)o1. The summed E-state index contributed by atoms with van der Waals surface area (Å²) in [5.41, 5.74) is -1.07. The second-order valence-electron chi connectivity index (χ2n) is 5.30. The lowest BCUT2D eigenvalue weighted by Gasteiger charge is -2.12. The number of fused-ring (bicyclic) bond motifs is 1. The zero-order chi connectivity index (χ0) is 18.2. The van der Waals surface area contributed by atoms with Crippen LogP contribution in [0.4, 0.5) is 13.2 Å². The van der Waals surface area contributed by atoms with Crippen LogP contribution < -0.4 is 5.43 Å². The molecule has 0 aliphatic carbocycles. The average molecular weight is 351 g/mol. The lowest BCUT2D eigenvalue weighted by molar-refractivity contribution is -0.137. The van der Waals surface area contributed by atoms with Crippen LogP contribution in [0.1, 0.15) is 21.9 Å². The summed E-state index contributed by atoms with van der Waals surface area (Å²) < 4.78 is 50.0. The number of pyridine rings is 1. The van der Waals surface area contributed by atoms with Crippen molar-refractivity contribution in [3.8, 4) is 0 Å². The van der Waals surface area contributed by atoms with Gasteiger partial charge in [-0.15, -0.1) is 0 Å². The molecule has 25 heavy (non-hydrogen) atoms. The van der Waals surface area contributed by atoms with Crippen LogP contribution in [0, 0.1) is 0 Å². The Balaban J connectivity index is 2.02. The van der Waals surface area contributed by atoms with Crippen LogP contribution in [-0.2, 0) is 17.5 Å². The maximum absolute atomic E-state index is 12.8. The van der Waals surface area contributed by atoms with Crippen LogP contribution in [0.25, 0.3) is 10.9 Å². The molecule has 0 radical (unpaired) electrons. The third kappa shape index (κ3) is 3.28. The predicted molar refractivity (Wildman–Crippen MR) is 82.4 cm³/mol. The van der Waals surface area contributed by atoms with Crippen LogP contribution in [0.2, 0.25) is 0 Å². The van der Waals surface area contributed by atoms with Crippen LogP contribution >= 0.6 is 0 Å². The highest BCUT2D eigenvalue weighted by Gasteiger charge is 2.30. The summed E-state index contributed by atoms with van der Waals surface area (Å²) in [5, 5.41) is -0.0444. The lowest BCUT2D eigenvalue weighted by atomic mass is 10.1. The van der Waals surface area contributed by atoms with Crippen molar-refractivity contribution in [2.45, 2.75) is 12.7 Å². The van der Waals surface area contributed by atoms with Gasteiger partial charge < -0.3 is 13.7 Å². The highest BCUT2D eigenvalue weighted by atomic mass is 19.4. The number of aromatic nitrogens is 1. The number of carbonyl (C=O) groups is 1. The lowest BCUT2D eigenvalue weighted by Crippen LogP contribution is -2.11. The molecule has 0 amide bonds. The second kappa shape index (κ2) is 6.12. The predicted octanol–water partition coefficient (Wildman–Crippen LogP) is 3.45. The fourth-order valence-corrected chi connectivity index (χ4v) is 2.47. The van der Waals surface area contributed by atoms with Gasteiger partial charge in [0.15, 0.2) is 5.43 Å². The Morgan fingerprint density at radius 3 is 2.64 bits per heavy atom. The largest absolute Gasteiger partial charge is 0.463 e. The number of carbonyl (C=O) groups excluding carboxylic acids is 1. The summed E-state index contributed by atoms with van der Waals surface area (Å²) in [4.78, 5) is 23.3. The number of esters is 1. The molecule has 1 aromatic carbocycles. The second-order valence-corrected chi connectivity index (χ2v) is 5.30. The van der Waals surface area contributed by atoms with Gasteiger partial charge in [-0.3, -0.25) is 4.79 Å². The first-order valence-corrected chi connectivity index (χ1v) is 7.17. The van der Waals surface area contributed by atoms with Crippen molar-refractivity contribution in [1.29, 1.82) is 0 Å². The summed E-state index contributed by atoms with van der Waals surface area (Å²) >= 11 is 0. The van der Waals surface area contributed by atoms with E-state index in [2.05, 4.69) is 4.74 Å². The van der Waals surface area contributed by atoms with Gasteiger partial charge in [-0.1, -0.05) is 0 Å². The number of benzene rings is 1. The topological polar surface area (TPSA) is 61.4 Å². The molecule has 0 spiro atoms. The molecule has 0 atom stereocenters. The maximum Gasteiger partial charge on any atom is 0.416 e. The first kappa shape index (κ1) is 16.8. The maximum atomic E-state index is 12.8. The molecule has 130 valence electrons. The molecular weight excluding hydrogens is 339 g/mol. The zero-order valence-corrected chi connectivity index (χ0v) is 13.0. The van der Waals surface area contributed by atoms with Crippen LogP contribution in [0.5, 0.6) is 0 Å². The average Bonchev–Trinajstić information content (AvgIpc) is 3.04. The minimum atomic E-state index is -4.53. The van der Waals surface area contributed by atoms with Crippen molar-refractivity contribution < 1.29 is 27.1 Å². The Morgan fingerprint density at radius 1 is 1.20 bits per heavy atom. The van der Waals surface area contributed by atoms with E-state index in [1.54, 1.807) is 10.6 Å². The molecule has 0 saturated heterocycles. The van der Waals surface area contributed by atoms with Gasteiger partial charge in [-0.2, -0.15) is 13.2 Å². The van der Waals surface area contributed by atoms with Crippen molar-refractivity contribution in [2.24, 2.45) is 0 Å². The van der Waals surface area contributed by atoms with Gasteiger partial charge in [0.25, 0.3) is 0 Å². The molecule has 0 saturated carbocycles. The van der Waals surface area contributed by atoms with Gasteiger partial charge in [-0.05, 0) is 30.3 Å².